The van der Waals surface area contributed by atoms with Gasteiger partial charge in [0.25, 0.3) is 5.91 Å². The number of amides is 2. The van der Waals surface area contributed by atoms with Gasteiger partial charge in [0.2, 0.25) is 5.91 Å². The van der Waals surface area contributed by atoms with Gasteiger partial charge < -0.3 is 20.7 Å². The van der Waals surface area contributed by atoms with Crippen molar-refractivity contribution in [2.75, 3.05) is 31.6 Å². The van der Waals surface area contributed by atoms with Crippen molar-refractivity contribution in [3.8, 4) is 5.75 Å². The number of benzene rings is 1. The number of hydrogen-bond donors (Lipinski definition) is 2. The van der Waals surface area contributed by atoms with E-state index >= 15 is 0 Å². The molecule has 3 N–H and O–H groups in total. The van der Waals surface area contributed by atoms with Gasteiger partial charge in [-0.3, -0.25) is 9.59 Å². The second kappa shape index (κ2) is 9.42. The second-order valence-electron chi connectivity index (χ2n) is 6.40. The Bertz CT molecular complexity index is 587. The first-order valence-corrected chi connectivity index (χ1v) is 9.10. The van der Waals surface area contributed by atoms with Gasteiger partial charge in [0.05, 0.1) is 0 Å². The summed E-state index contributed by atoms with van der Waals surface area (Å²) < 4.78 is 5.58. The van der Waals surface area contributed by atoms with Crippen molar-refractivity contribution in [1.82, 2.24) is 4.90 Å². The van der Waals surface area contributed by atoms with E-state index < -0.39 is 0 Å². The van der Waals surface area contributed by atoms with Crippen LogP contribution in [0.1, 0.15) is 33.1 Å². The molecule has 1 aromatic rings. The summed E-state index contributed by atoms with van der Waals surface area (Å²) in [5, 5.41) is 2.95. The molecule has 0 unspecified atom stereocenters. The van der Waals surface area contributed by atoms with Crippen LogP contribution in [-0.4, -0.2) is 43.0 Å². The first-order valence-electron chi connectivity index (χ1n) is 9.10. The fourth-order valence-corrected chi connectivity index (χ4v) is 3.38. The molecule has 0 bridgehead atoms. The smallest absolute Gasteiger partial charge is 0.260 e. The lowest BCUT2D eigenvalue weighted by molar-refractivity contribution is -0.133. The van der Waals surface area contributed by atoms with Crippen LogP contribution in [0.15, 0.2) is 24.3 Å². The van der Waals surface area contributed by atoms with E-state index in [0.29, 0.717) is 31.1 Å². The van der Waals surface area contributed by atoms with Gasteiger partial charge in [-0.05, 0) is 51.3 Å². The molecular weight excluding hydrogens is 318 g/mol. The Kier molecular flexibility index (Phi) is 7.25. The van der Waals surface area contributed by atoms with Gasteiger partial charge in [0.15, 0.2) is 6.61 Å². The number of nitrogens with zero attached hydrogens (tertiary/aromatic N) is 1. The standard InChI is InChI=1S/C19H29N3O3/c1-3-22(4-2)18(23)13-25-16-9-6-8-15(11-16)21-19(24)17-10-5-7-14(17)12-20/h6,8-9,11,14,17H,3-5,7,10,12-13,20H2,1-2H3,(H,21,24)/t14-,17-/m1/s1. The Morgan fingerprint density at radius 1 is 1.28 bits per heavy atom. The summed E-state index contributed by atoms with van der Waals surface area (Å²) in [6, 6.07) is 7.16. The number of ether oxygens (including phenoxy) is 1. The van der Waals surface area contributed by atoms with Crippen molar-refractivity contribution in [2.45, 2.75) is 33.1 Å². The minimum absolute atomic E-state index is 0.00302. The van der Waals surface area contributed by atoms with E-state index in [4.69, 9.17) is 10.5 Å². The predicted molar refractivity (Wildman–Crippen MR) is 98.4 cm³/mol. The highest BCUT2D eigenvalue weighted by Crippen LogP contribution is 2.32. The fourth-order valence-electron chi connectivity index (χ4n) is 3.38. The minimum atomic E-state index is -0.0452. The highest BCUT2D eigenvalue weighted by Gasteiger charge is 2.31. The summed E-state index contributed by atoms with van der Waals surface area (Å²) in [4.78, 5) is 26.2. The molecule has 2 atom stereocenters. The predicted octanol–water partition coefficient (Wildman–Crippen LogP) is 2.25. The number of carbonyl (C=O) groups excluding carboxylic acids is 2. The average Bonchev–Trinajstić information content (AvgIpc) is 3.10. The fraction of sp³-hybridized carbons (Fsp3) is 0.579. The quantitative estimate of drug-likeness (QED) is 0.755. The van der Waals surface area contributed by atoms with Crippen molar-refractivity contribution in [2.24, 2.45) is 17.6 Å². The molecule has 1 aromatic carbocycles. The van der Waals surface area contributed by atoms with Gasteiger partial charge in [0, 0.05) is 30.8 Å². The Hall–Kier alpha value is -2.08. The summed E-state index contributed by atoms with van der Waals surface area (Å²) in [5.41, 5.74) is 6.44. The molecule has 0 heterocycles. The van der Waals surface area contributed by atoms with E-state index in [0.717, 1.165) is 19.3 Å². The topological polar surface area (TPSA) is 84.7 Å². The van der Waals surface area contributed by atoms with Gasteiger partial charge in [-0.15, -0.1) is 0 Å². The molecule has 2 rings (SSSR count). The molecule has 25 heavy (non-hydrogen) atoms. The average molecular weight is 347 g/mol. The molecule has 1 aliphatic rings. The SMILES string of the molecule is CCN(CC)C(=O)COc1cccc(NC(=O)[C@@H]2CCC[C@@H]2CN)c1. The Morgan fingerprint density at radius 2 is 2.04 bits per heavy atom. The van der Waals surface area contributed by atoms with Crippen molar-refractivity contribution in [1.29, 1.82) is 0 Å². The molecule has 2 amide bonds. The lowest BCUT2D eigenvalue weighted by Gasteiger charge is -2.19. The van der Waals surface area contributed by atoms with Crippen LogP contribution in [-0.2, 0) is 9.59 Å². The molecule has 1 fully saturated rings. The number of hydrogen-bond acceptors (Lipinski definition) is 4. The number of rotatable bonds is 8. The van der Waals surface area contributed by atoms with E-state index in [1.807, 2.05) is 26.0 Å². The van der Waals surface area contributed by atoms with Crippen LogP contribution in [0.2, 0.25) is 0 Å². The van der Waals surface area contributed by atoms with Crippen LogP contribution in [0.25, 0.3) is 0 Å². The normalized spacial score (nSPS) is 19.5. The molecule has 0 aliphatic heterocycles. The molecule has 1 saturated carbocycles. The molecule has 0 radical (unpaired) electrons. The summed E-state index contributed by atoms with van der Waals surface area (Å²) in [6.45, 7) is 5.76. The van der Waals surface area contributed by atoms with Crippen molar-refractivity contribution in [3.05, 3.63) is 24.3 Å². The first-order chi connectivity index (χ1) is 12.1. The maximum Gasteiger partial charge on any atom is 0.260 e. The number of carbonyl (C=O) groups is 2. The largest absolute Gasteiger partial charge is 0.484 e. The summed E-state index contributed by atoms with van der Waals surface area (Å²) in [7, 11) is 0. The lowest BCUT2D eigenvalue weighted by atomic mass is 9.95. The van der Waals surface area contributed by atoms with Gasteiger partial charge in [-0.1, -0.05) is 12.5 Å². The number of anilines is 1. The van der Waals surface area contributed by atoms with E-state index in [1.54, 1.807) is 17.0 Å². The summed E-state index contributed by atoms with van der Waals surface area (Å²) in [5.74, 6) is 0.797. The molecular formula is C19H29N3O3. The van der Waals surface area contributed by atoms with Gasteiger partial charge in [0.1, 0.15) is 5.75 Å². The highest BCUT2D eigenvalue weighted by molar-refractivity contribution is 5.93. The minimum Gasteiger partial charge on any atom is -0.484 e. The zero-order valence-corrected chi connectivity index (χ0v) is 15.2. The molecule has 1 aliphatic carbocycles. The molecule has 0 saturated heterocycles. The maximum absolute atomic E-state index is 12.5. The number of nitrogens with two attached hydrogens (primary N) is 1. The van der Waals surface area contributed by atoms with Crippen LogP contribution >= 0.6 is 0 Å². The second-order valence-corrected chi connectivity index (χ2v) is 6.40. The van der Waals surface area contributed by atoms with Crippen molar-refractivity contribution < 1.29 is 14.3 Å². The molecule has 0 aromatic heterocycles. The first kappa shape index (κ1) is 19.2. The van der Waals surface area contributed by atoms with Gasteiger partial charge in [-0.2, -0.15) is 0 Å². The Labute approximate surface area is 149 Å². The Balaban J connectivity index is 1.92. The van der Waals surface area contributed by atoms with E-state index in [1.165, 1.54) is 0 Å². The summed E-state index contributed by atoms with van der Waals surface area (Å²) in [6.07, 6.45) is 2.96. The molecule has 6 nitrogen and oxygen atoms in total. The van der Waals surface area contributed by atoms with Crippen molar-refractivity contribution in [3.63, 3.8) is 0 Å². The third-order valence-corrected chi connectivity index (χ3v) is 4.88. The Morgan fingerprint density at radius 3 is 2.72 bits per heavy atom. The zero-order valence-electron chi connectivity index (χ0n) is 15.2. The third kappa shape index (κ3) is 5.19. The summed E-state index contributed by atoms with van der Waals surface area (Å²) >= 11 is 0. The number of nitrogens with one attached hydrogen (secondary N) is 1. The van der Waals surface area contributed by atoms with Crippen LogP contribution in [0.5, 0.6) is 5.75 Å². The monoisotopic (exact) mass is 347 g/mol. The van der Waals surface area contributed by atoms with E-state index in [9.17, 15) is 9.59 Å². The van der Waals surface area contributed by atoms with Crippen molar-refractivity contribution >= 4 is 17.5 Å². The van der Waals surface area contributed by atoms with Gasteiger partial charge >= 0.3 is 0 Å². The third-order valence-electron chi connectivity index (χ3n) is 4.88. The lowest BCUT2D eigenvalue weighted by Crippen LogP contribution is -2.34. The van der Waals surface area contributed by atoms with Crippen LogP contribution < -0.4 is 15.8 Å². The highest BCUT2D eigenvalue weighted by atomic mass is 16.5. The van der Waals surface area contributed by atoms with E-state index in [2.05, 4.69) is 5.32 Å². The van der Waals surface area contributed by atoms with Gasteiger partial charge in [-0.25, -0.2) is 0 Å². The van der Waals surface area contributed by atoms with Crippen LogP contribution in [0.3, 0.4) is 0 Å². The van der Waals surface area contributed by atoms with E-state index in [-0.39, 0.29) is 30.3 Å². The number of likely N-dealkylation sites (N-methyl/N-ethyl adjacent to an activating group) is 1. The maximum atomic E-state index is 12.5. The zero-order chi connectivity index (χ0) is 18.2. The van der Waals surface area contributed by atoms with Crippen LogP contribution in [0, 0.1) is 11.8 Å². The molecule has 0 spiro atoms. The molecule has 6 heteroatoms. The van der Waals surface area contributed by atoms with Crippen LogP contribution in [0.4, 0.5) is 5.69 Å². The molecule has 138 valence electrons.